The monoisotopic (exact) mass is 502 g/mol. The summed E-state index contributed by atoms with van der Waals surface area (Å²) in [5.41, 5.74) is 4.01. The average molecular weight is 502 g/mol. The smallest absolute Gasteiger partial charge is 0.453 e. The normalized spacial score (nSPS) is 20.0. The fraction of sp³-hybridized carbons (Fsp3) is 0.370. The number of imidazole rings is 1. The summed E-state index contributed by atoms with van der Waals surface area (Å²) >= 11 is 0. The number of methoxy groups -OCH3 is 1. The Bertz CT molecular complexity index is 1350. The molecule has 10 heteroatoms. The van der Waals surface area contributed by atoms with Crippen molar-refractivity contribution in [1.82, 2.24) is 20.2 Å². The van der Waals surface area contributed by atoms with Gasteiger partial charge in [0, 0.05) is 6.54 Å². The van der Waals surface area contributed by atoms with Gasteiger partial charge in [0.1, 0.15) is 18.4 Å². The Labute approximate surface area is 216 Å². The molecule has 2 amide bonds. The van der Waals surface area contributed by atoms with Crippen LogP contribution in [0.1, 0.15) is 39.6 Å². The second kappa shape index (κ2) is 9.35. The lowest BCUT2D eigenvalue weighted by Crippen LogP contribution is -2.41. The largest absolute Gasteiger partial charge is 0.494 e. The molecule has 1 unspecified atom stereocenters. The van der Waals surface area contributed by atoms with Crippen LogP contribution in [0.25, 0.3) is 22.2 Å². The van der Waals surface area contributed by atoms with Gasteiger partial charge < -0.3 is 29.2 Å². The van der Waals surface area contributed by atoms with Crippen molar-refractivity contribution in [3.8, 4) is 11.1 Å². The SMILES string of the molecule is COC(=O)NCC(=O)N1CC=CC1c1nc2ccc(-c3ccc(B4OC(C)(C)C(C)(C)O4)cc3)cc2[nH]1. The van der Waals surface area contributed by atoms with Crippen molar-refractivity contribution >= 4 is 35.6 Å². The van der Waals surface area contributed by atoms with Crippen LogP contribution < -0.4 is 10.8 Å². The molecule has 1 saturated heterocycles. The number of amides is 2. The van der Waals surface area contributed by atoms with Gasteiger partial charge >= 0.3 is 13.2 Å². The quantitative estimate of drug-likeness (QED) is 0.410. The summed E-state index contributed by atoms with van der Waals surface area (Å²) in [5, 5.41) is 2.44. The number of H-pyrrole nitrogens is 1. The van der Waals surface area contributed by atoms with E-state index in [2.05, 4.69) is 33.2 Å². The summed E-state index contributed by atoms with van der Waals surface area (Å²) in [6.45, 7) is 8.49. The van der Waals surface area contributed by atoms with Crippen LogP contribution in [-0.4, -0.2) is 65.4 Å². The molecule has 9 nitrogen and oxygen atoms in total. The van der Waals surface area contributed by atoms with E-state index in [1.54, 1.807) is 4.90 Å². The number of aromatic amines is 1. The number of fused-ring (bicyclic) bond motifs is 1. The lowest BCUT2D eigenvalue weighted by Gasteiger charge is -2.32. The Morgan fingerprint density at radius 2 is 1.78 bits per heavy atom. The molecule has 0 radical (unpaired) electrons. The third kappa shape index (κ3) is 4.74. The molecule has 1 fully saturated rings. The number of aromatic nitrogens is 2. The van der Waals surface area contributed by atoms with Crippen molar-refractivity contribution < 1.29 is 23.6 Å². The van der Waals surface area contributed by atoms with E-state index >= 15 is 0 Å². The predicted octanol–water partition coefficient (Wildman–Crippen LogP) is 3.32. The first-order chi connectivity index (χ1) is 17.6. The molecule has 5 rings (SSSR count). The van der Waals surface area contributed by atoms with Gasteiger partial charge in [-0.3, -0.25) is 4.79 Å². The van der Waals surface area contributed by atoms with E-state index < -0.39 is 13.2 Å². The van der Waals surface area contributed by atoms with Crippen molar-refractivity contribution in [2.24, 2.45) is 0 Å². The zero-order chi connectivity index (χ0) is 26.4. The Balaban J connectivity index is 1.33. The summed E-state index contributed by atoms with van der Waals surface area (Å²) in [6.07, 6.45) is 3.21. The molecule has 3 aromatic rings. The molecule has 1 aromatic heterocycles. The summed E-state index contributed by atoms with van der Waals surface area (Å²) in [4.78, 5) is 33.7. The molecule has 0 saturated carbocycles. The standard InChI is InChI=1S/C27H31BN4O5/c1-26(2)27(3,4)37-28(36-26)19-11-8-17(9-12-19)18-10-13-20-21(15-18)31-24(30-20)22-7-6-14-32(22)23(33)16-29-25(34)35-5/h6-13,15,22H,14,16H2,1-5H3,(H,29,34)(H,30,31). The molecule has 3 heterocycles. The number of alkyl carbamates (subject to hydrolysis) is 1. The van der Waals surface area contributed by atoms with Crippen LogP contribution in [0, 0.1) is 0 Å². The van der Waals surface area contributed by atoms with Crippen LogP contribution in [0.2, 0.25) is 0 Å². The third-order valence-corrected chi connectivity index (χ3v) is 7.40. The van der Waals surface area contributed by atoms with Gasteiger partial charge in [-0.25, -0.2) is 9.78 Å². The number of hydrogen-bond donors (Lipinski definition) is 2. The molecule has 2 aromatic carbocycles. The molecule has 2 aliphatic heterocycles. The Kier molecular flexibility index (Phi) is 6.33. The minimum atomic E-state index is -0.641. The van der Waals surface area contributed by atoms with Crippen molar-refractivity contribution in [2.45, 2.75) is 44.9 Å². The number of nitrogens with one attached hydrogen (secondary N) is 2. The average Bonchev–Trinajstić information content (AvgIpc) is 3.57. The zero-order valence-corrected chi connectivity index (χ0v) is 21.7. The van der Waals surface area contributed by atoms with Gasteiger partial charge in [-0.05, 0) is 56.4 Å². The van der Waals surface area contributed by atoms with E-state index in [0.717, 1.165) is 27.6 Å². The molecule has 2 N–H and O–H groups in total. The maximum atomic E-state index is 12.7. The van der Waals surface area contributed by atoms with Crippen LogP contribution in [0.4, 0.5) is 4.79 Å². The molecule has 0 spiro atoms. The molecule has 0 bridgehead atoms. The van der Waals surface area contributed by atoms with Gasteiger partial charge in [0.05, 0.1) is 29.3 Å². The summed E-state index contributed by atoms with van der Waals surface area (Å²) in [7, 11) is 0.862. The van der Waals surface area contributed by atoms with Gasteiger partial charge in [0.15, 0.2) is 0 Å². The van der Waals surface area contributed by atoms with Gasteiger partial charge in [0.2, 0.25) is 5.91 Å². The van der Waals surface area contributed by atoms with Crippen LogP contribution >= 0.6 is 0 Å². The highest BCUT2D eigenvalue weighted by atomic mass is 16.7. The first-order valence-electron chi connectivity index (χ1n) is 12.3. The van der Waals surface area contributed by atoms with E-state index in [9.17, 15) is 9.59 Å². The van der Waals surface area contributed by atoms with Crippen LogP contribution in [0.5, 0.6) is 0 Å². The maximum absolute atomic E-state index is 12.7. The van der Waals surface area contributed by atoms with E-state index in [-0.39, 0.29) is 29.7 Å². The predicted molar refractivity (Wildman–Crippen MR) is 141 cm³/mol. The summed E-state index contributed by atoms with van der Waals surface area (Å²) < 4.78 is 16.9. The number of rotatable bonds is 5. The fourth-order valence-electron chi connectivity index (χ4n) is 4.50. The topological polar surface area (TPSA) is 106 Å². The fourth-order valence-corrected chi connectivity index (χ4v) is 4.50. The first kappa shape index (κ1) is 25.0. The Morgan fingerprint density at radius 1 is 1.11 bits per heavy atom. The Morgan fingerprint density at radius 3 is 2.46 bits per heavy atom. The second-order valence-corrected chi connectivity index (χ2v) is 10.3. The molecular formula is C27H31BN4O5. The molecule has 37 heavy (non-hydrogen) atoms. The highest BCUT2D eigenvalue weighted by Crippen LogP contribution is 2.36. The summed E-state index contributed by atoms with van der Waals surface area (Å²) in [6, 6.07) is 13.9. The number of ether oxygens (including phenoxy) is 1. The number of hydrogen-bond acceptors (Lipinski definition) is 6. The van der Waals surface area contributed by atoms with Crippen molar-refractivity contribution in [1.29, 1.82) is 0 Å². The van der Waals surface area contributed by atoms with Crippen LogP contribution in [0.15, 0.2) is 54.6 Å². The minimum Gasteiger partial charge on any atom is -0.453 e. The lowest BCUT2D eigenvalue weighted by molar-refractivity contribution is -0.130. The van der Waals surface area contributed by atoms with Gasteiger partial charge in [0.25, 0.3) is 0 Å². The highest BCUT2D eigenvalue weighted by Gasteiger charge is 2.51. The van der Waals surface area contributed by atoms with E-state index in [0.29, 0.717) is 12.4 Å². The van der Waals surface area contributed by atoms with Crippen LogP contribution in [0.3, 0.4) is 0 Å². The summed E-state index contributed by atoms with van der Waals surface area (Å²) in [5.74, 6) is 0.451. The maximum Gasteiger partial charge on any atom is 0.494 e. The molecule has 0 aliphatic carbocycles. The minimum absolute atomic E-state index is 0.142. The van der Waals surface area contributed by atoms with Crippen molar-refractivity contribution in [3.63, 3.8) is 0 Å². The highest BCUT2D eigenvalue weighted by molar-refractivity contribution is 6.62. The van der Waals surface area contributed by atoms with Crippen molar-refractivity contribution in [3.05, 3.63) is 60.4 Å². The second-order valence-electron chi connectivity index (χ2n) is 10.3. The Hall–Kier alpha value is -3.63. The van der Waals surface area contributed by atoms with Crippen LogP contribution in [-0.2, 0) is 18.8 Å². The van der Waals surface area contributed by atoms with E-state index in [1.807, 2.05) is 64.1 Å². The van der Waals surface area contributed by atoms with Gasteiger partial charge in [-0.2, -0.15) is 0 Å². The van der Waals surface area contributed by atoms with Gasteiger partial charge in [-0.15, -0.1) is 0 Å². The number of benzene rings is 2. The third-order valence-electron chi connectivity index (χ3n) is 7.40. The van der Waals surface area contributed by atoms with Gasteiger partial charge in [-0.1, -0.05) is 42.5 Å². The number of carbonyl (C=O) groups is 2. The molecular weight excluding hydrogens is 471 g/mol. The lowest BCUT2D eigenvalue weighted by atomic mass is 9.78. The number of carbonyl (C=O) groups excluding carboxylic acids is 2. The molecule has 1 atom stereocenters. The van der Waals surface area contributed by atoms with E-state index in [4.69, 9.17) is 14.3 Å². The first-order valence-corrected chi connectivity index (χ1v) is 12.3. The van der Waals surface area contributed by atoms with Crippen molar-refractivity contribution in [2.75, 3.05) is 20.2 Å². The van der Waals surface area contributed by atoms with E-state index in [1.165, 1.54) is 7.11 Å². The molecule has 2 aliphatic rings. The molecule has 192 valence electrons. The zero-order valence-electron chi connectivity index (χ0n) is 21.7. The number of nitrogens with zero attached hydrogens (tertiary/aromatic N) is 2.